The maximum Gasteiger partial charge on any atom is 0.244 e. The Labute approximate surface area is 131 Å². The first kappa shape index (κ1) is 15.5. The van der Waals surface area contributed by atoms with Crippen molar-refractivity contribution in [2.45, 2.75) is 50.5 Å². The largest absolute Gasteiger partial charge is 0.316 e. The van der Waals surface area contributed by atoms with Crippen molar-refractivity contribution in [3.05, 3.63) is 15.8 Å². The van der Waals surface area contributed by atoms with Crippen molar-refractivity contribution in [1.29, 1.82) is 0 Å². The van der Waals surface area contributed by atoms with Gasteiger partial charge in [0.15, 0.2) is 0 Å². The lowest BCUT2D eigenvalue weighted by atomic mass is 10.00. The second-order valence-electron chi connectivity index (χ2n) is 6.30. The molecule has 2 fully saturated rings. The van der Waals surface area contributed by atoms with E-state index in [1.165, 1.54) is 0 Å². The zero-order valence-electron chi connectivity index (χ0n) is 12.8. The van der Waals surface area contributed by atoms with Crippen molar-refractivity contribution < 1.29 is 8.42 Å². The molecule has 118 valence electrons. The van der Waals surface area contributed by atoms with Crippen LogP contribution in [-0.4, -0.2) is 38.4 Å². The first-order valence-electron chi connectivity index (χ1n) is 7.78. The van der Waals surface area contributed by atoms with Crippen molar-refractivity contribution in [1.82, 2.24) is 9.62 Å². The second-order valence-corrected chi connectivity index (χ2v) is 9.62. The lowest BCUT2D eigenvalue weighted by Gasteiger charge is -2.29. The summed E-state index contributed by atoms with van der Waals surface area (Å²) >= 11 is 1.57. The molecule has 3 rings (SSSR count). The quantitative estimate of drug-likeness (QED) is 0.903. The molecule has 1 aromatic rings. The van der Waals surface area contributed by atoms with Gasteiger partial charge < -0.3 is 5.32 Å². The number of sulfonamides is 1. The Balaban J connectivity index is 1.84. The molecule has 6 heteroatoms. The van der Waals surface area contributed by atoms with Crippen LogP contribution in [0.5, 0.6) is 0 Å². The molecule has 1 aliphatic heterocycles. The highest BCUT2D eigenvalue weighted by Crippen LogP contribution is 2.36. The fourth-order valence-corrected chi connectivity index (χ4v) is 6.42. The van der Waals surface area contributed by atoms with Gasteiger partial charge in [-0.3, -0.25) is 0 Å². The molecule has 1 saturated carbocycles. The number of nitrogens with zero attached hydrogens (tertiary/aromatic N) is 1. The van der Waals surface area contributed by atoms with Gasteiger partial charge in [0.1, 0.15) is 0 Å². The van der Waals surface area contributed by atoms with E-state index in [0.717, 1.165) is 48.5 Å². The summed E-state index contributed by atoms with van der Waals surface area (Å²) in [6, 6.07) is 2.07. The van der Waals surface area contributed by atoms with Crippen LogP contribution in [0.1, 0.15) is 35.4 Å². The summed E-state index contributed by atoms with van der Waals surface area (Å²) < 4.78 is 27.9. The molecule has 0 amide bonds. The fraction of sp³-hybridized carbons (Fsp3) is 0.733. The molecular formula is C15H24N2O2S2. The average Bonchev–Trinajstić information content (AvgIpc) is 3.21. The predicted octanol–water partition coefficient (Wildman–Crippen LogP) is 2.52. The van der Waals surface area contributed by atoms with Gasteiger partial charge in [0, 0.05) is 22.3 Å². The van der Waals surface area contributed by atoms with Gasteiger partial charge in [-0.05, 0) is 64.6 Å². The molecule has 1 aliphatic carbocycles. The molecule has 1 N–H and O–H groups in total. The number of thiophene rings is 1. The molecule has 1 aromatic heterocycles. The van der Waals surface area contributed by atoms with E-state index in [-0.39, 0.29) is 6.04 Å². The van der Waals surface area contributed by atoms with Crippen molar-refractivity contribution in [3.63, 3.8) is 0 Å². The Hall–Kier alpha value is -0.430. The highest BCUT2D eigenvalue weighted by molar-refractivity contribution is 7.89. The maximum atomic E-state index is 13.0. The van der Waals surface area contributed by atoms with Crippen LogP contribution in [0.4, 0.5) is 0 Å². The molecular weight excluding hydrogens is 304 g/mol. The van der Waals surface area contributed by atoms with Crippen molar-refractivity contribution in [3.8, 4) is 0 Å². The molecule has 1 saturated heterocycles. The van der Waals surface area contributed by atoms with E-state index in [0.29, 0.717) is 17.4 Å². The van der Waals surface area contributed by atoms with Crippen LogP contribution in [0.25, 0.3) is 0 Å². The van der Waals surface area contributed by atoms with E-state index in [9.17, 15) is 8.42 Å². The van der Waals surface area contributed by atoms with Crippen LogP contribution >= 0.6 is 11.3 Å². The summed E-state index contributed by atoms with van der Waals surface area (Å²) in [4.78, 5) is 2.52. The Morgan fingerprint density at radius 3 is 2.62 bits per heavy atom. The van der Waals surface area contributed by atoms with E-state index in [1.807, 2.05) is 19.9 Å². The normalized spacial score (nSPS) is 23.7. The second kappa shape index (κ2) is 5.99. The minimum Gasteiger partial charge on any atom is -0.316 e. The lowest BCUT2D eigenvalue weighted by Crippen LogP contribution is -2.42. The van der Waals surface area contributed by atoms with Gasteiger partial charge >= 0.3 is 0 Å². The van der Waals surface area contributed by atoms with E-state index in [4.69, 9.17) is 0 Å². The molecule has 1 unspecified atom stereocenters. The smallest absolute Gasteiger partial charge is 0.244 e. The van der Waals surface area contributed by atoms with Gasteiger partial charge in [-0.15, -0.1) is 11.3 Å². The first-order chi connectivity index (χ1) is 9.98. The van der Waals surface area contributed by atoms with Crippen LogP contribution in [-0.2, 0) is 10.0 Å². The summed E-state index contributed by atoms with van der Waals surface area (Å²) in [5, 5.41) is 3.39. The molecule has 2 aliphatic rings. The molecule has 21 heavy (non-hydrogen) atoms. The average molecular weight is 329 g/mol. The highest BCUT2D eigenvalue weighted by atomic mass is 32.2. The van der Waals surface area contributed by atoms with Gasteiger partial charge in [0.25, 0.3) is 0 Å². The van der Waals surface area contributed by atoms with E-state index in [1.54, 1.807) is 15.6 Å². The topological polar surface area (TPSA) is 49.4 Å². The van der Waals surface area contributed by atoms with E-state index >= 15 is 0 Å². The molecule has 0 radical (unpaired) electrons. The zero-order valence-corrected chi connectivity index (χ0v) is 14.4. The van der Waals surface area contributed by atoms with E-state index in [2.05, 4.69) is 5.32 Å². The Kier molecular flexibility index (Phi) is 4.41. The maximum absolute atomic E-state index is 13.0. The Morgan fingerprint density at radius 2 is 2.10 bits per heavy atom. The first-order valence-corrected chi connectivity index (χ1v) is 10.0. The number of hydrogen-bond donors (Lipinski definition) is 1. The van der Waals surface area contributed by atoms with Gasteiger partial charge in [-0.25, -0.2) is 8.42 Å². The van der Waals surface area contributed by atoms with Gasteiger partial charge in [0.2, 0.25) is 10.0 Å². The monoisotopic (exact) mass is 328 g/mol. The summed E-state index contributed by atoms with van der Waals surface area (Å²) in [7, 11) is -3.33. The van der Waals surface area contributed by atoms with Crippen molar-refractivity contribution in [2.24, 2.45) is 5.92 Å². The number of rotatable bonds is 5. The van der Waals surface area contributed by atoms with Crippen LogP contribution in [0.15, 0.2) is 11.0 Å². The predicted molar refractivity (Wildman–Crippen MR) is 86.3 cm³/mol. The highest BCUT2D eigenvalue weighted by Gasteiger charge is 2.40. The molecule has 4 nitrogen and oxygen atoms in total. The van der Waals surface area contributed by atoms with Gasteiger partial charge in [-0.1, -0.05) is 0 Å². The summed E-state index contributed by atoms with van der Waals surface area (Å²) in [6.45, 7) is 6.57. The lowest BCUT2D eigenvalue weighted by molar-refractivity contribution is 0.286. The minimum atomic E-state index is -3.33. The Bertz CT molecular complexity index is 599. The van der Waals surface area contributed by atoms with E-state index < -0.39 is 10.0 Å². The van der Waals surface area contributed by atoms with Crippen LogP contribution in [0.3, 0.4) is 0 Å². The summed E-state index contributed by atoms with van der Waals surface area (Å²) in [5.41, 5.74) is 0. The molecule has 0 aromatic carbocycles. The third-order valence-corrected chi connectivity index (χ3v) is 7.51. The van der Waals surface area contributed by atoms with Gasteiger partial charge in [0.05, 0.1) is 4.90 Å². The number of hydrogen-bond acceptors (Lipinski definition) is 4. The van der Waals surface area contributed by atoms with Crippen LogP contribution in [0.2, 0.25) is 0 Å². The Morgan fingerprint density at radius 1 is 1.33 bits per heavy atom. The van der Waals surface area contributed by atoms with Crippen molar-refractivity contribution in [2.75, 3.05) is 19.6 Å². The third kappa shape index (κ3) is 3.33. The summed E-state index contributed by atoms with van der Waals surface area (Å²) in [6.07, 6.45) is 4.32. The number of piperidine rings is 1. The zero-order chi connectivity index (χ0) is 15.0. The number of nitrogens with one attached hydrogen (secondary N) is 1. The fourth-order valence-electron chi connectivity index (χ4n) is 3.13. The minimum absolute atomic E-state index is 0.233. The van der Waals surface area contributed by atoms with Crippen LogP contribution < -0.4 is 5.32 Å². The van der Waals surface area contributed by atoms with Crippen molar-refractivity contribution >= 4 is 21.4 Å². The third-order valence-electron chi connectivity index (χ3n) is 4.37. The molecule has 0 bridgehead atoms. The molecule has 2 heterocycles. The van der Waals surface area contributed by atoms with Gasteiger partial charge in [-0.2, -0.15) is 4.31 Å². The SMILES string of the molecule is Cc1cc(S(=O)(=O)N(CC2CCCNC2)C2CC2)c(C)s1. The van der Waals surface area contributed by atoms with Crippen LogP contribution in [0, 0.1) is 19.8 Å². The molecule has 0 spiro atoms. The standard InChI is InChI=1S/C15H24N2O2S2/c1-11-8-15(12(2)20-11)21(18,19)17(14-5-6-14)10-13-4-3-7-16-9-13/h8,13-14,16H,3-7,9-10H2,1-2H3. The number of aryl methyl sites for hydroxylation is 2. The molecule has 1 atom stereocenters. The summed E-state index contributed by atoms with van der Waals surface area (Å²) in [5.74, 6) is 0.453.